The first kappa shape index (κ1) is 12.2. The number of benzene rings is 1. The van der Waals surface area contributed by atoms with Gasteiger partial charge in [0.15, 0.2) is 5.82 Å². The van der Waals surface area contributed by atoms with Crippen molar-refractivity contribution in [2.24, 2.45) is 0 Å². The fraction of sp³-hybridized carbons (Fsp3) is 0.429. The van der Waals surface area contributed by atoms with Crippen LogP contribution >= 0.6 is 0 Å². The smallest absolute Gasteiger partial charge is 0.240 e. The van der Waals surface area contributed by atoms with Crippen LogP contribution in [0.25, 0.3) is 0 Å². The summed E-state index contributed by atoms with van der Waals surface area (Å²) in [5.74, 6) is 1.61. The predicted molar refractivity (Wildman–Crippen MR) is 69.7 cm³/mol. The van der Waals surface area contributed by atoms with E-state index in [0.717, 1.165) is 19.3 Å². The molecule has 0 radical (unpaired) electrons. The molecule has 3 rings (SSSR count). The second-order valence-corrected chi connectivity index (χ2v) is 4.94. The first-order chi connectivity index (χ1) is 9.22. The minimum Gasteiger partial charge on any atom is -0.508 e. The molecular weight excluding hydrogens is 242 g/mol. The third kappa shape index (κ3) is 2.61. The highest BCUT2D eigenvalue weighted by Gasteiger charge is 2.20. The summed E-state index contributed by atoms with van der Waals surface area (Å²) in [6.45, 7) is 2.39. The Kier molecular flexibility index (Phi) is 3.21. The Morgan fingerprint density at radius 2 is 2.37 bits per heavy atom. The molecule has 1 unspecified atom stereocenters. The van der Waals surface area contributed by atoms with Gasteiger partial charge in [-0.05, 0) is 49.4 Å². The van der Waals surface area contributed by atoms with Crippen molar-refractivity contribution in [2.45, 2.75) is 38.8 Å². The Balaban J connectivity index is 1.73. The molecular formula is C14H17N3O2. The SMILES string of the molecule is Cc1noc(CNC2CCCc3cc(O)ccc32)n1. The van der Waals surface area contributed by atoms with Gasteiger partial charge in [0.25, 0.3) is 0 Å². The molecule has 2 N–H and O–H groups in total. The van der Waals surface area contributed by atoms with Crippen molar-refractivity contribution >= 4 is 0 Å². The van der Waals surface area contributed by atoms with Gasteiger partial charge in [0.1, 0.15) is 5.75 Å². The van der Waals surface area contributed by atoms with Gasteiger partial charge in [0, 0.05) is 6.04 Å². The number of hydrogen-bond acceptors (Lipinski definition) is 5. The van der Waals surface area contributed by atoms with Gasteiger partial charge in [-0.15, -0.1) is 0 Å². The van der Waals surface area contributed by atoms with Crippen molar-refractivity contribution < 1.29 is 9.63 Å². The molecule has 0 amide bonds. The van der Waals surface area contributed by atoms with E-state index in [0.29, 0.717) is 24.0 Å². The lowest BCUT2D eigenvalue weighted by Crippen LogP contribution is -2.25. The van der Waals surface area contributed by atoms with E-state index in [1.165, 1.54) is 11.1 Å². The second-order valence-electron chi connectivity index (χ2n) is 4.94. The number of phenols is 1. The molecule has 1 aliphatic carbocycles. The minimum absolute atomic E-state index is 0.288. The van der Waals surface area contributed by atoms with E-state index in [4.69, 9.17) is 4.52 Å². The van der Waals surface area contributed by atoms with Crippen molar-refractivity contribution in [3.05, 3.63) is 41.0 Å². The molecule has 5 heteroatoms. The highest BCUT2D eigenvalue weighted by Crippen LogP contribution is 2.31. The average Bonchev–Trinajstić information content (AvgIpc) is 2.81. The first-order valence-electron chi connectivity index (χ1n) is 6.57. The Morgan fingerprint density at radius 3 is 3.16 bits per heavy atom. The Hall–Kier alpha value is -1.88. The lowest BCUT2D eigenvalue weighted by molar-refractivity contribution is 0.347. The molecule has 0 saturated heterocycles. The van der Waals surface area contributed by atoms with Crippen LogP contribution in [0, 0.1) is 6.92 Å². The van der Waals surface area contributed by atoms with Crippen molar-refractivity contribution in [1.82, 2.24) is 15.5 Å². The molecule has 0 spiro atoms. The van der Waals surface area contributed by atoms with E-state index in [1.807, 2.05) is 19.1 Å². The van der Waals surface area contributed by atoms with Crippen LogP contribution in [-0.4, -0.2) is 15.2 Å². The molecule has 1 aliphatic rings. The normalized spacial score (nSPS) is 18.3. The maximum atomic E-state index is 9.53. The Labute approximate surface area is 111 Å². The van der Waals surface area contributed by atoms with Crippen LogP contribution in [0.4, 0.5) is 0 Å². The number of phenolic OH excluding ortho intramolecular Hbond substituents is 1. The van der Waals surface area contributed by atoms with Crippen LogP contribution in [0.5, 0.6) is 5.75 Å². The van der Waals surface area contributed by atoms with Gasteiger partial charge in [0.05, 0.1) is 6.54 Å². The zero-order chi connectivity index (χ0) is 13.2. The molecule has 0 fully saturated rings. The summed E-state index contributed by atoms with van der Waals surface area (Å²) in [5, 5.41) is 16.8. The highest BCUT2D eigenvalue weighted by atomic mass is 16.5. The van der Waals surface area contributed by atoms with Crippen LogP contribution in [0.2, 0.25) is 0 Å². The molecule has 0 bridgehead atoms. The molecule has 1 aromatic carbocycles. The van der Waals surface area contributed by atoms with Gasteiger partial charge < -0.3 is 14.9 Å². The fourth-order valence-electron chi connectivity index (χ4n) is 2.64. The Bertz CT molecular complexity index is 580. The van der Waals surface area contributed by atoms with Gasteiger partial charge in [-0.2, -0.15) is 4.98 Å². The maximum Gasteiger partial charge on any atom is 0.240 e. The maximum absolute atomic E-state index is 9.53. The lowest BCUT2D eigenvalue weighted by Gasteiger charge is -2.26. The van der Waals surface area contributed by atoms with E-state index < -0.39 is 0 Å². The lowest BCUT2D eigenvalue weighted by atomic mass is 9.87. The number of hydrogen-bond donors (Lipinski definition) is 2. The molecule has 2 aromatic rings. The molecule has 19 heavy (non-hydrogen) atoms. The van der Waals surface area contributed by atoms with Crippen molar-refractivity contribution in [1.29, 1.82) is 0 Å². The quantitative estimate of drug-likeness (QED) is 0.884. The van der Waals surface area contributed by atoms with Crippen LogP contribution in [0.3, 0.4) is 0 Å². The molecule has 1 aromatic heterocycles. The number of fused-ring (bicyclic) bond motifs is 1. The van der Waals surface area contributed by atoms with Crippen molar-refractivity contribution in [3.8, 4) is 5.75 Å². The van der Waals surface area contributed by atoms with Gasteiger partial charge in [-0.3, -0.25) is 0 Å². The summed E-state index contributed by atoms with van der Waals surface area (Å²) in [6.07, 6.45) is 3.24. The average molecular weight is 259 g/mol. The van der Waals surface area contributed by atoms with Crippen molar-refractivity contribution in [2.75, 3.05) is 0 Å². The van der Waals surface area contributed by atoms with E-state index in [1.54, 1.807) is 6.07 Å². The van der Waals surface area contributed by atoms with Crippen LogP contribution < -0.4 is 5.32 Å². The molecule has 5 nitrogen and oxygen atoms in total. The van der Waals surface area contributed by atoms with Gasteiger partial charge in [-0.25, -0.2) is 0 Å². The van der Waals surface area contributed by atoms with Crippen LogP contribution in [-0.2, 0) is 13.0 Å². The van der Waals surface area contributed by atoms with Gasteiger partial charge >= 0.3 is 0 Å². The summed E-state index contributed by atoms with van der Waals surface area (Å²) < 4.78 is 5.10. The molecule has 0 aliphatic heterocycles. The zero-order valence-electron chi connectivity index (χ0n) is 10.9. The highest BCUT2D eigenvalue weighted by molar-refractivity contribution is 5.38. The number of nitrogens with zero attached hydrogens (tertiary/aromatic N) is 2. The van der Waals surface area contributed by atoms with Gasteiger partial charge in [-0.1, -0.05) is 11.2 Å². The van der Waals surface area contributed by atoms with Gasteiger partial charge in [0.2, 0.25) is 5.89 Å². The first-order valence-corrected chi connectivity index (χ1v) is 6.57. The number of aromatic hydroxyl groups is 1. The molecule has 0 saturated carbocycles. The molecule has 1 atom stereocenters. The Morgan fingerprint density at radius 1 is 1.47 bits per heavy atom. The zero-order valence-corrected chi connectivity index (χ0v) is 10.9. The van der Waals surface area contributed by atoms with E-state index in [9.17, 15) is 5.11 Å². The van der Waals surface area contributed by atoms with E-state index in [-0.39, 0.29) is 6.04 Å². The van der Waals surface area contributed by atoms with Crippen LogP contribution in [0.15, 0.2) is 22.7 Å². The summed E-state index contributed by atoms with van der Waals surface area (Å²) in [7, 11) is 0. The summed E-state index contributed by atoms with van der Waals surface area (Å²) >= 11 is 0. The second kappa shape index (κ2) is 5.01. The number of nitrogens with one attached hydrogen (secondary N) is 1. The third-order valence-corrected chi connectivity index (χ3v) is 3.51. The fourth-order valence-corrected chi connectivity index (χ4v) is 2.64. The largest absolute Gasteiger partial charge is 0.508 e. The van der Waals surface area contributed by atoms with E-state index in [2.05, 4.69) is 15.5 Å². The molecule has 1 heterocycles. The molecule has 100 valence electrons. The standard InChI is InChI=1S/C14H17N3O2/c1-9-16-14(19-17-9)8-15-13-4-2-3-10-7-11(18)5-6-12(10)13/h5-7,13,15,18H,2-4,8H2,1H3. The van der Waals surface area contributed by atoms with E-state index >= 15 is 0 Å². The number of aromatic nitrogens is 2. The number of rotatable bonds is 3. The monoisotopic (exact) mass is 259 g/mol. The minimum atomic E-state index is 0.288. The summed E-state index contributed by atoms with van der Waals surface area (Å²) in [5.41, 5.74) is 2.49. The third-order valence-electron chi connectivity index (χ3n) is 3.51. The topological polar surface area (TPSA) is 71.2 Å². The predicted octanol–water partition coefficient (Wildman–Crippen LogP) is 2.25. The van der Waals surface area contributed by atoms with Crippen molar-refractivity contribution in [3.63, 3.8) is 0 Å². The summed E-state index contributed by atoms with van der Waals surface area (Å²) in [4.78, 5) is 4.18. The van der Waals surface area contributed by atoms with Crippen LogP contribution in [0.1, 0.15) is 41.7 Å². The summed E-state index contributed by atoms with van der Waals surface area (Å²) in [6, 6.07) is 5.90. The number of aryl methyl sites for hydroxylation is 2.